The first-order valence-electron chi connectivity index (χ1n) is 4.63. The molecule has 1 aromatic heterocycles. The normalized spacial score (nSPS) is 10.0. The van der Waals surface area contributed by atoms with Crippen molar-refractivity contribution in [1.82, 2.24) is 4.98 Å². The maximum atomic E-state index is 8.65. The van der Waals surface area contributed by atoms with Crippen LogP contribution in [0.1, 0.15) is 5.69 Å². The van der Waals surface area contributed by atoms with Gasteiger partial charge in [0, 0.05) is 11.8 Å². The van der Waals surface area contributed by atoms with Crippen molar-refractivity contribution < 1.29 is 0 Å². The molecule has 17 heavy (non-hydrogen) atoms. The summed E-state index contributed by atoms with van der Waals surface area (Å²) in [6.07, 6.45) is 1.59. The van der Waals surface area contributed by atoms with Gasteiger partial charge in [0.15, 0.2) is 0 Å². The lowest BCUT2D eigenvalue weighted by atomic mass is 10.1. The number of hydrogen-bond acceptors (Lipinski definition) is 2. The summed E-state index contributed by atoms with van der Waals surface area (Å²) in [4.78, 5) is 3.98. The molecule has 0 aliphatic carbocycles. The van der Waals surface area contributed by atoms with E-state index in [2.05, 4.69) is 4.98 Å². The Labute approximate surface area is 113 Å². The average Bonchev–Trinajstić information content (AvgIpc) is 2.35. The monoisotopic (exact) mass is 282 g/mol. The van der Waals surface area contributed by atoms with E-state index < -0.39 is 0 Å². The average molecular weight is 284 g/mol. The molecule has 0 bridgehead atoms. The maximum absolute atomic E-state index is 8.65. The molecule has 0 aliphatic heterocycles. The summed E-state index contributed by atoms with van der Waals surface area (Å²) in [5, 5.41) is 9.76. The minimum Gasteiger partial charge on any atom is -0.245 e. The summed E-state index contributed by atoms with van der Waals surface area (Å²) in [6, 6.07) is 8.78. The second-order valence-corrected chi connectivity index (χ2v) is 4.49. The van der Waals surface area contributed by atoms with Crippen LogP contribution in [0.2, 0.25) is 15.1 Å². The van der Waals surface area contributed by atoms with E-state index in [1.165, 1.54) is 0 Å². The highest BCUT2D eigenvalue weighted by Crippen LogP contribution is 2.34. The molecule has 2 nitrogen and oxygen atoms in total. The number of hydrogen-bond donors (Lipinski definition) is 0. The Kier molecular flexibility index (Phi) is 3.54. The largest absolute Gasteiger partial charge is 0.245 e. The predicted octanol–water partition coefficient (Wildman–Crippen LogP) is 4.58. The molecule has 2 aromatic rings. The van der Waals surface area contributed by atoms with Crippen LogP contribution >= 0.6 is 34.8 Å². The molecule has 84 valence electrons. The second-order valence-electron chi connectivity index (χ2n) is 3.30. The topological polar surface area (TPSA) is 36.7 Å². The van der Waals surface area contributed by atoms with Gasteiger partial charge in [0.25, 0.3) is 0 Å². The van der Waals surface area contributed by atoms with Crippen molar-refractivity contribution in [3.8, 4) is 17.2 Å². The van der Waals surface area contributed by atoms with E-state index in [0.29, 0.717) is 20.8 Å². The van der Waals surface area contributed by atoms with Crippen LogP contribution in [0, 0.1) is 11.3 Å². The Morgan fingerprint density at radius 2 is 1.65 bits per heavy atom. The SMILES string of the molecule is N#Cc1ccc(-c2cc(Cl)c(Cl)c(Cl)c2)cn1. The Bertz CT molecular complexity index is 577. The fraction of sp³-hybridized carbons (Fsp3) is 0. The third-order valence-corrected chi connectivity index (χ3v) is 3.39. The minimum atomic E-state index is 0.332. The van der Waals surface area contributed by atoms with Crippen molar-refractivity contribution in [1.29, 1.82) is 5.26 Å². The van der Waals surface area contributed by atoms with E-state index in [-0.39, 0.29) is 0 Å². The van der Waals surface area contributed by atoms with Crippen molar-refractivity contribution in [3.63, 3.8) is 0 Å². The lowest BCUT2D eigenvalue weighted by molar-refractivity contribution is 1.26. The molecule has 0 radical (unpaired) electrons. The number of pyridine rings is 1. The first kappa shape index (κ1) is 12.2. The molecule has 0 saturated heterocycles. The summed E-state index contributed by atoms with van der Waals surface area (Å²) >= 11 is 17.7. The van der Waals surface area contributed by atoms with Crippen LogP contribution in [0.5, 0.6) is 0 Å². The van der Waals surface area contributed by atoms with Gasteiger partial charge >= 0.3 is 0 Å². The minimum absolute atomic E-state index is 0.332. The van der Waals surface area contributed by atoms with E-state index in [1.54, 1.807) is 30.5 Å². The van der Waals surface area contributed by atoms with Crippen LogP contribution in [0.15, 0.2) is 30.5 Å². The third-order valence-electron chi connectivity index (χ3n) is 2.20. The molecule has 0 fully saturated rings. The number of nitriles is 1. The van der Waals surface area contributed by atoms with E-state index in [1.807, 2.05) is 6.07 Å². The zero-order chi connectivity index (χ0) is 12.4. The highest BCUT2D eigenvalue weighted by molar-refractivity contribution is 6.48. The Morgan fingerprint density at radius 3 is 2.12 bits per heavy atom. The van der Waals surface area contributed by atoms with Gasteiger partial charge in [-0.05, 0) is 29.8 Å². The zero-order valence-corrected chi connectivity index (χ0v) is 10.7. The molecular formula is C12H5Cl3N2. The third kappa shape index (κ3) is 2.53. The van der Waals surface area contributed by atoms with Gasteiger partial charge in [-0.15, -0.1) is 0 Å². The van der Waals surface area contributed by atoms with Crippen LogP contribution in [0.3, 0.4) is 0 Å². The predicted molar refractivity (Wildman–Crippen MR) is 69.4 cm³/mol. The summed E-state index contributed by atoms with van der Waals surface area (Å²) in [5.41, 5.74) is 1.99. The standard InChI is InChI=1S/C12H5Cl3N2/c13-10-3-8(4-11(14)12(10)15)7-1-2-9(5-16)17-6-7/h1-4,6H. The Balaban J connectivity index is 2.50. The van der Waals surface area contributed by atoms with Crippen LogP contribution in [-0.2, 0) is 0 Å². The molecule has 2 rings (SSSR count). The number of halogens is 3. The molecule has 0 unspecified atom stereocenters. The summed E-state index contributed by atoms with van der Waals surface area (Å²) in [5.74, 6) is 0. The number of aromatic nitrogens is 1. The van der Waals surface area contributed by atoms with Crippen LogP contribution in [0.25, 0.3) is 11.1 Å². The maximum Gasteiger partial charge on any atom is 0.140 e. The smallest absolute Gasteiger partial charge is 0.140 e. The summed E-state index contributed by atoms with van der Waals surface area (Å²) < 4.78 is 0. The van der Waals surface area contributed by atoms with Gasteiger partial charge in [0.2, 0.25) is 0 Å². The molecule has 1 aromatic carbocycles. The van der Waals surface area contributed by atoms with Gasteiger partial charge in [0.05, 0.1) is 15.1 Å². The van der Waals surface area contributed by atoms with E-state index in [0.717, 1.165) is 11.1 Å². The quantitative estimate of drug-likeness (QED) is 0.718. The molecule has 0 saturated carbocycles. The van der Waals surface area contributed by atoms with E-state index in [4.69, 9.17) is 40.1 Å². The summed E-state index contributed by atoms with van der Waals surface area (Å²) in [6.45, 7) is 0. The molecule has 0 N–H and O–H groups in total. The fourth-order valence-corrected chi connectivity index (χ4v) is 1.95. The Morgan fingerprint density at radius 1 is 1.00 bits per heavy atom. The van der Waals surface area contributed by atoms with Gasteiger partial charge in [0.1, 0.15) is 11.8 Å². The van der Waals surface area contributed by atoms with Crippen LogP contribution < -0.4 is 0 Å². The van der Waals surface area contributed by atoms with Crippen molar-refractivity contribution in [2.45, 2.75) is 0 Å². The van der Waals surface area contributed by atoms with Gasteiger partial charge < -0.3 is 0 Å². The van der Waals surface area contributed by atoms with E-state index in [9.17, 15) is 0 Å². The molecule has 0 spiro atoms. The molecule has 0 aliphatic rings. The molecule has 0 atom stereocenters. The number of rotatable bonds is 1. The Hall–Kier alpha value is -1.27. The highest BCUT2D eigenvalue weighted by Gasteiger charge is 2.07. The van der Waals surface area contributed by atoms with Crippen molar-refractivity contribution in [2.24, 2.45) is 0 Å². The molecule has 0 amide bonds. The number of benzene rings is 1. The van der Waals surface area contributed by atoms with Gasteiger partial charge in [-0.2, -0.15) is 5.26 Å². The van der Waals surface area contributed by atoms with Gasteiger partial charge in [-0.3, -0.25) is 0 Å². The highest BCUT2D eigenvalue weighted by atomic mass is 35.5. The molecular weight excluding hydrogens is 279 g/mol. The van der Waals surface area contributed by atoms with Gasteiger partial charge in [-0.1, -0.05) is 34.8 Å². The van der Waals surface area contributed by atoms with Crippen molar-refractivity contribution in [2.75, 3.05) is 0 Å². The molecule has 1 heterocycles. The first-order chi connectivity index (χ1) is 8.11. The number of nitrogens with zero attached hydrogens (tertiary/aromatic N) is 2. The van der Waals surface area contributed by atoms with Crippen molar-refractivity contribution in [3.05, 3.63) is 51.2 Å². The first-order valence-corrected chi connectivity index (χ1v) is 5.76. The summed E-state index contributed by atoms with van der Waals surface area (Å²) in [7, 11) is 0. The van der Waals surface area contributed by atoms with Crippen LogP contribution in [-0.4, -0.2) is 4.98 Å². The van der Waals surface area contributed by atoms with Crippen LogP contribution in [0.4, 0.5) is 0 Å². The molecule has 5 heteroatoms. The fourth-order valence-electron chi connectivity index (χ4n) is 1.35. The van der Waals surface area contributed by atoms with Crippen molar-refractivity contribution >= 4 is 34.8 Å². The second kappa shape index (κ2) is 4.93. The lowest BCUT2D eigenvalue weighted by Crippen LogP contribution is -1.85. The zero-order valence-electron chi connectivity index (χ0n) is 8.42. The lowest BCUT2D eigenvalue weighted by Gasteiger charge is -2.05. The van der Waals surface area contributed by atoms with Gasteiger partial charge in [-0.25, -0.2) is 4.98 Å². The van der Waals surface area contributed by atoms with E-state index >= 15 is 0 Å².